The van der Waals surface area contributed by atoms with Crippen LogP contribution in [0.15, 0.2) is 29.2 Å². The third-order valence-electron chi connectivity index (χ3n) is 1.73. The van der Waals surface area contributed by atoms with Crippen molar-refractivity contribution in [3.8, 4) is 0 Å². The van der Waals surface area contributed by atoms with Gasteiger partial charge in [0, 0.05) is 5.69 Å². The van der Waals surface area contributed by atoms with E-state index < -0.39 is 17.0 Å². The van der Waals surface area contributed by atoms with Crippen molar-refractivity contribution in [2.45, 2.75) is 18.2 Å². The summed E-state index contributed by atoms with van der Waals surface area (Å²) in [5.74, 6) is -0.673. The summed E-state index contributed by atoms with van der Waals surface area (Å²) in [5.41, 5.74) is 0.395. The van der Waals surface area contributed by atoms with Gasteiger partial charge in [-0.05, 0) is 25.1 Å². The molecule has 1 atom stereocenters. The highest BCUT2D eigenvalue weighted by atomic mass is 32.2. The Balaban J connectivity index is 2.74. The van der Waals surface area contributed by atoms with Crippen molar-refractivity contribution < 1.29 is 18.4 Å². The minimum absolute atomic E-state index is 0.195. The van der Waals surface area contributed by atoms with E-state index in [9.17, 15) is 13.8 Å². The molecular formula is C10H11NO4S. The van der Waals surface area contributed by atoms with E-state index in [2.05, 4.69) is 5.32 Å². The Labute approximate surface area is 95.1 Å². The summed E-state index contributed by atoms with van der Waals surface area (Å²) in [4.78, 5) is 22.1. The SMILES string of the molecule is CC(=O)CC(=O)Nc1cccc(S(=O)O)c1. The minimum Gasteiger partial charge on any atom is -0.326 e. The van der Waals surface area contributed by atoms with E-state index in [0.717, 1.165) is 0 Å². The highest BCUT2D eigenvalue weighted by Gasteiger charge is 2.06. The first-order valence-corrected chi connectivity index (χ1v) is 5.60. The van der Waals surface area contributed by atoms with Gasteiger partial charge < -0.3 is 9.87 Å². The van der Waals surface area contributed by atoms with Crippen LogP contribution in [0.2, 0.25) is 0 Å². The Morgan fingerprint density at radius 1 is 1.44 bits per heavy atom. The maximum atomic E-state index is 11.2. The van der Waals surface area contributed by atoms with Gasteiger partial charge in [0.05, 0.1) is 11.3 Å². The van der Waals surface area contributed by atoms with Gasteiger partial charge in [-0.3, -0.25) is 9.59 Å². The third kappa shape index (κ3) is 3.92. The van der Waals surface area contributed by atoms with Crippen molar-refractivity contribution in [2.75, 3.05) is 5.32 Å². The second kappa shape index (κ2) is 5.53. The van der Waals surface area contributed by atoms with Gasteiger partial charge in [0.1, 0.15) is 5.78 Å². The molecule has 1 aromatic rings. The van der Waals surface area contributed by atoms with Gasteiger partial charge in [-0.15, -0.1) is 0 Å². The number of Topliss-reactive ketones (excluding diaryl/α,β-unsaturated/α-hetero) is 1. The van der Waals surface area contributed by atoms with Crippen molar-refractivity contribution in [1.82, 2.24) is 0 Å². The summed E-state index contributed by atoms with van der Waals surface area (Å²) >= 11 is -2.08. The van der Waals surface area contributed by atoms with Gasteiger partial charge in [0.25, 0.3) is 0 Å². The number of rotatable bonds is 4. The normalized spacial score (nSPS) is 11.9. The summed E-state index contributed by atoms with van der Waals surface area (Å²) < 4.78 is 19.6. The van der Waals surface area contributed by atoms with Crippen molar-refractivity contribution in [1.29, 1.82) is 0 Å². The fourth-order valence-electron chi connectivity index (χ4n) is 1.11. The predicted octanol–water partition coefficient (Wildman–Crippen LogP) is 1.18. The zero-order valence-electron chi connectivity index (χ0n) is 8.60. The van der Waals surface area contributed by atoms with Crippen molar-refractivity contribution >= 4 is 28.5 Å². The topological polar surface area (TPSA) is 83.5 Å². The fourth-order valence-corrected chi connectivity index (χ4v) is 1.54. The van der Waals surface area contributed by atoms with Crippen molar-refractivity contribution in [2.24, 2.45) is 0 Å². The van der Waals surface area contributed by atoms with Crippen LogP contribution in [-0.2, 0) is 20.7 Å². The molecule has 1 rings (SSSR count). The lowest BCUT2D eigenvalue weighted by Gasteiger charge is -2.04. The molecule has 2 N–H and O–H groups in total. The molecule has 0 aliphatic carbocycles. The largest absolute Gasteiger partial charge is 0.326 e. The van der Waals surface area contributed by atoms with E-state index in [1.165, 1.54) is 19.1 Å². The van der Waals surface area contributed by atoms with E-state index in [1.807, 2.05) is 0 Å². The number of amides is 1. The molecule has 6 heteroatoms. The number of hydrogen-bond acceptors (Lipinski definition) is 3. The summed E-state index contributed by atoms with van der Waals surface area (Å²) in [5, 5.41) is 2.46. The van der Waals surface area contributed by atoms with Crippen molar-refractivity contribution in [3.63, 3.8) is 0 Å². The molecule has 0 saturated heterocycles. The number of benzene rings is 1. The molecule has 0 aliphatic rings. The Bertz CT molecular complexity index is 444. The van der Waals surface area contributed by atoms with Gasteiger partial charge in [0.15, 0.2) is 11.1 Å². The Kier molecular flexibility index (Phi) is 4.33. The summed E-state index contributed by atoms with van der Waals surface area (Å²) in [6.07, 6.45) is -0.202. The van der Waals surface area contributed by atoms with E-state index in [4.69, 9.17) is 4.55 Å². The van der Waals surface area contributed by atoms with Gasteiger partial charge in [-0.2, -0.15) is 0 Å². The highest BCUT2D eigenvalue weighted by molar-refractivity contribution is 7.79. The molecule has 0 bridgehead atoms. The van der Waals surface area contributed by atoms with Crippen LogP contribution in [0.5, 0.6) is 0 Å². The second-order valence-corrected chi connectivity index (χ2v) is 4.17. The van der Waals surface area contributed by atoms with E-state index in [-0.39, 0.29) is 17.1 Å². The summed E-state index contributed by atoms with van der Waals surface area (Å²) in [7, 11) is 0. The van der Waals surface area contributed by atoms with E-state index >= 15 is 0 Å². The Morgan fingerprint density at radius 2 is 2.12 bits per heavy atom. The molecule has 0 spiro atoms. The van der Waals surface area contributed by atoms with Crippen LogP contribution < -0.4 is 5.32 Å². The number of anilines is 1. The van der Waals surface area contributed by atoms with Crippen LogP contribution in [0.1, 0.15) is 13.3 Å². The zero-order valence-corrected chi connectivity index (χ0v) is 9.41. The molecule has 0 saturated carbocycles. The lowest BCUT2D eigenvalue weighted by molar-refractivity contribution is -0.124. The van der Waals surface area contributed by atoms with Crippen LogP contribution in [0.25, 0.3) is 0 Å². The standard InChI is InChI=1S/C10H11NO4S/c1-7(12)5-10(13)11-8-3-2-4-9(6-8)16(14)15/h2-4,6H,5H2,1H3,(H,11,13)(H,14,15). The summed E-state index contributed by atoms with van der Waals surface area (Å²) in [6.45, 7) is 1.32. The molecule has 86 valence electrons. The van der Waals surface area contributed by atoms with Crippen molar-refractivity contribution in [3.05, 3.63) is 24.3 Å². The number of nitrogens with one attached hydrogen (secondary N) is 1. The maximum absolute atomic E-state index is 11.2. The average Bonchev–Trinajstić information content (AvgIpc) is 2.16. The summed E-state index contributed by atoms with van der Waals surface area (Å²) in [6, 6.07) is 5.98. The Hall–Kier alpha value is -1.53. The molecule has 5 nitrogen and oxygen atoms in total. The average molecular weight is 241 g/mol. The quantitative estimate of drug-likeness (QED) is 0.612. The first kappa shape index (κ1) is 12.5. The predicted molar refractivity (Wildman–Crippen MR) is 59.4 cm³/mol. The molecular weight excluding hydrogens is 230 g/mol. The van der Waals surface area contributed by atoms with Gasteiger partial charge in [-0.1, -0.05) is 6.07 Å². The van der Waals surface area contributed by atoms with E-state index in [0.29, 0.717) is 5.69 Å². The number of carbonyl (C=O) groups is 2. The first-order chi connectivity index (χ1) is 7.49. The number of hydrogen-bond donors (Lipinski definition) is 2. The molecule has 0 radical (unpaired) electrons. The molecule has 0 aliphatic heterocycles. The second-order valence-electron chi connectivity index (χ2n) is 3.20. The van der Waals surface area contributed by atoms with Gasteiger partial charge in [0.2, 0.25) is 5.91 Å². The Morgan fingerprint density at radius 3 is 2.69 bits per heavy atom. The van der Waals surface area contributed by atoms with Crippen LogP contribution in [0, 0.1) is 0 Å². The maximum Gasteiger partial charge on any atom is 0.231 e. The lowest BCUT2D eigenvalue weighted by atomic mass is 10.2. The van der Waals surface area contributed by atoms with Crippen LogP contribution in [0.3, 0.4) is 0 Å². The number of carbonyl (C=O) groups excluding carboxylic acids is 2. The van der Waals surface area contributed by atoms with Crippen LogP contribution in [0.4, 0.5) is 5.69 Å². The molecule has 16 heavy (non-hydrogen) atoms. The molecule has 1 unspecified atom stereocenters. The molecule has 0 heterocycles. The first-order valence-electron chi connectivity index (χ1n) is 4.49. The van der Waals surface area contributed by atoms with Gasteiger partial charge >= 0.3 is 0 Å². The zero-order chi connectivity index (χ0) is 12.1. The highest BCUT2D eigenvalue weighted by Crippen LogP contribution is 2.13. The minimum atomic E-state index is -2.08. The number of ketones is 1. The van der Waals surface area contributed by atoms with E-state index in [1.54, 1.807) is 12.1 Å². The van der Waals surface area contributed by atoms with Crippen LogP contribution in [-0.4, -0.2) is 20.5 Å². The third-order valence-corrected chi connectivity index (χ3v) is 2.39. The molecule has 0 aromatic heterocycles. The monoisotopic (exact) mass is 241 g/mol. The van der Waals surface area contributed by atoms with Gasteiger partial charge in [-0.25, -0.2) is 4.21 Å². The smallest absolute Gasteiger partial charge is 0.231 e. The molecule has 0 fully saturated rings. The molecule has 1 amide bonds. The lowest BCUT2D eigenvalue weighted by Crippen LogP contribution is -2.14. The van der Waals surface area contributed by atoms with Crippen LogP contribution >= 0.6 is 0 Å². The molecule has 1 aromatic carbocycles. The fraction of sp³-hybridized carbons (Fsp3) is 0.200.